The van der Waals surface area contributed by atoms with E-state index in [0.29, 0.717) is 0 Å². The molecular formula is C10H6F2O4S2. The lowest BCUT2D eigenvalue weighted by Crippen LogP contribution is -1.97. The predicted octanol–water partition coefficient (Wildman–Crippen LogP) is 2.16. The van der Waals surface area contributed by atoms with Gasteiger partial charge in [-0.15, -0.1) is 7.77 Å². The van der Waals surface area contributed by atoms with Crippen LogP contribution in [0.1, 0.15) is 0 Å². The summed E-state index contributed by atoms with van der Waals surface area (Å²) in [7, 11) is -10.0. The van der Waals surface area contributed by atoms with Crippen molar-refractivity contribution in [3.05, 3.63) is 36.4 Å². The van der Waals surface area contributed by atoms with E-state index in [1.165, 1.54) is 12.1 Å². The summed E-state index contributed by atoms with van der Waals surface area (Å²) in [6, 6.07) is 6.65. The van der Waals surface area contributed by atoms with Gasteiger partial charge in [0.2, 0.25) is 0 Å². The van der Waals surface area contributed by atoms with E-state index in [-0.39, 0.29) is 10.8 Å². The first-order valence-corrected chi connectivity index (χ1v) is 7.39. The molecule has 2 aromatic rings. The maximum atomic E-state index is 13.0. The quantitative estimate of drug-likeness (QED) is 0.795. The Hall–Kier alpha value is -1.54. The van der Waals surface area contributed by atoms with Crippen LogP contribution in [0.2, 0.25) is 0 Å². The van der Waals surface area contributed by atoms with Gasteiger partial charge in [-0.25, -0.2) is 0 Å². The summed E-state index contributed by atoms with van der Waals surface area (Å²) in [5, 5.41) is -0.363. The topological polar surface area (TPSA) is 68.3 Å². The van der Waals surface area contributed by atoms with Gasteiger partial charge in [-0.3, -0.25) is 0 Å². The Bertz CT molecular complexity index is 755. The van der Waals surface area contributed by atoms with Crippen LogP contribution in [0.15, 0.2) is 46.2 Å². The fraction of sp³-hybridized carbons (Fsp3) is 0. The lowest BCUT2D eigenvalue weighted by Gasteiger charge is -2.05. The molecule has 0 N–H and O–H groups in total. The Kier molecular flexibility index (Phi) is 2.86. The summed E-state index contributed by atoms with van der Waals surface area (Å²) in [4.78, 5) is -1.38. The third-order valence-electron chi connectivity index (χ3n) is 2.37. The van der Waals surface area contributed by atoms with Gasteiger partial charge in [-0.2, -0.15) is 16.8 Å². The molecule has 4 nitrogen and oxygen atoms in total. The van der Waals surface area contributed by atoms with E-state index in [1.54, 1.807) is 0 Å². The highest BCUT2D eigenvalue weighted by atomic mass is 32.3. The Balaban J connectivity index is 3.00. The summed E-state index contributed by atoms with van der Waals surface area (Å²) in [6.07, 6.45) is 0. The average Bonchev–Trinajstić information content (AvgIpc) is 2.24. The van der Waals surface area contributed by atoms with Gasteiger partial charge in [0.15, 0.2) is 0 Å². The Morgan fingerprint density at radius 3 is 1.28 bits per heavy atom. The molecule has 0 saturated carbocycles. The molecular weight excluding hydrogens is 286 g/mol. The number of halogens is 2. The highest BCUT2D eigenvalue weighted by Gasteiger charge is 2.20. The summed E-state index contributed by atoms with van der Waals surface area (Å²) in [6.45, 7) is 0. The number of hydrogen-bond acceptors (Lipinski definition) is 4. The number of benzene rings is 2. The van der Waals surface area contributed by atoms with Crippen LogP contribution in [-0.2, 0) is 20.4 Å². The SMILES string of the molecule is O=S(=O)(F)c1cccc2c(S(=O)(=O)F)cccc12. The van der Waals surface area contributed by atoms with Crippen LogP contribution < -0.4 is 0 Å². The number of fused-ring (bicyclic) bond motifs is 1. The monoisotopic (exact) mass is 292 g/mol. The zero-order chi connectivity index (χ0) is 13.6. The molecule has 0 fully saturated rings. The van der Waals surface area contributed by atoms with Gasteiger partial charge in [-0.05, 0) is 12.1 Å². The van der Waals surface area contributed by atoms with Gasteiger partial charge in [0.05, 0.1) is 0 Å². The minimum absolute atomic E-state index is 0.182. The van der Waals surface area contributed by atoms with Crippen LogP contribution >= 0.6 is 0 Å². The lowest BCUT2D eigenvalue weighted by molar-refractivity contribution is 0.550. The molecule has 0 spiro atoms. The normalized spacial score (nSPS) is 12.8. The molecule has 96 valence electrons. The van der Waals surface area contributed by atoms with Crippen LogP contribution in [0, 0.1) is 0 Å². The fourth-order valence-corrected chi connectivity index (χ4v) is 3.04. The van der Waals surface area contributed by atoms with Crippen molar-refractivity contribution in [2.24, 2.45) is 0 Å². The molecule has 0 aliphatic heterocycles. The van der Waals surface area contributed by atoms with Crippen molar-refractivity contribution in [2.45, 2.75) is 9.79 Å². The molecule has 0 atom stereocenters. The minimum Gasteiger partial charge on any atom is -0.189 e. The Morgan fingerprint density at radius 2 is 1.00 bits per heavy atom. The number of rotatable bonds is 2. The molecule has 0 aromatic heterocycles. The van der Waals surface area contributed by atoms with E-state index in [1.807, 2.05) is 0 Å². The molecule has 18 heavy (non-hydrogen) atoms. The maximum Gasteiger partial charge on any atom is 0.332 e. The van der Waals surface area contributed by atoms with Crippen molar-refractivity contribution >= 4 is 31.2 Å². The van der Waals surface area contributed by atoms with E-state index in [9.17, 15) is 24.6 Å². The molecule has 0 aliphatic rings. The predicted molar refractivity (Wildman–Crippen MR) is 60.5 cm³/mol. The smallest absolute Gasteiger partial charge is 0.189 e. The first-order chi connectivity index (χ1) is 8.21. The highest BCUT2D eigenvalue weighted by molar-refractivity contribution is 7.87. The first-order valence-electron chi connectivity index (χ1n) is 4.62. The zero-order valence-electron chi connectivity index (χ0n) is 8.67. The summed E-state index contributed by atoms with van der Waals surface area (Å²) < 4.78 is 69.6. The van der Waals surface area contributed by atoms with Crippen molar-refractivity contribution in [2.75, 3.05) is 0 Å². The zero-order valence-corrected chi connectivity index (χ0v) is 10.3. The second kappa shape index (κ2) is 3.99. The highest BCUT2D eigenvalue weighted by Crippen LogP contribution is 2.29. The van der Waals surface area contributed by atoms with Gasteiger partial charge in [0, 0.05) is 10.8 Å². The third kappa shape index (κ3) is 2.21. The van der Waals surface area contributed by atoms with Crippen LogP contribution in [0.4, 0.5) is 7.77 Å². The van der Waals surface area contributed by atoms with Gasteiger partial charge in [-0.1, -0.05) is 24.3 Å². The van der Waals surface area contributed by atoms with E-state index in [4.69, 9.17) is 0 Å². The largest absolute Gasteiger partial charge is 0.332 e. The van der Waals surface area contributed by atoms with Crippen LogP contribution in [0.5, 0.6) is 0 Å². The standard InChI is InChI=1S/C10H6F2O4S2/c11-17(13,14)9-5-1-3-7-8(9)4-2-6-10(7)18(12,15)16/h1-6H. The van der Waals surface area contributed by atoms with Crippen molar-refractivity contribution in [1.29, 1.82) is 0 Å². The van der Waals surface area contributed by atoms with E-state index in [0.717, 1.165) is 24.3 Å². The van der Waals surface area contributed by atoms with Crippen LogP contribution in [0.25, 0.3) is 10.8 Å². The van der Waals surface area contributed by atoms with Crippen LogP contribution in [-0.4, -0.2) is 16.8 Å². The summed E-state index contributed by atoms with van der Waals surface area (Å²) in [5.41, 5.74) is 0. The second-order valence-corrected chi connectivity index (χ2v) is 6.11. The average molecular weight is 292 g/mol. The molecule has 0 unspecified atom stereocenters. The maximum absolute atomic E-state index is 13.0. The molecule has 0 saturated heterocycles. The number of hydrogen-bond donors (Lipinski definition) is 0. The Labute approximate surface area is 102 Å². The van der Waals surface area contributed by atoms with Crippen molar-refractivity contribution < 1.29 is 24.6 Å². The molecule has 2 aromatic carbocycles. The van der Waals surface area contributed by atoms with E-state index < -0.39 is 30.2 Å². The molecule has 0 bridgehead atoms. The minimum atomic E-state index is -5.01. The van der Waals surface area contributed by atoms with Gasteiger partial charge in [0.1, 0.15) is 9.79 Å². The van der Waals surface area contributed by atoms with Crippen molar-refractivity contribution in [3.8, 4) is 0 Å². The van der Waals surface area contributed by atoms with E-state index >= 15 is 0 Å². The molecule has 0 radical (unpaired) electrons. The van der Waals surface area contributed by atoms with Gasteiger partial charge in [0.25, 0.3) is 0 Å². The molecule has 0 aliphatic carbocycles. The second-order valence-electron chi connectivity index (χ2n) is 3.48. The fourth-order valence-electron chi connectivity index (χ4n) is 1.68. The van der Waals surface area contributed by atoms with Crippen molar-refractivity contribution in [1.82, 2.24) is 0 Å². The lowest BCUT2D eigenvalue weighted by atomic mass is 10.1. The Morgan fingerprint density at radius 1 is 0.667 bits per heavy atom. The van der Waals surface area contributed by atoms with Crippen molar-refractivity contribution in [3.63, 3.8) is 0 Å². The van der Waals surface area contributed by atoms with Crippen LogP contribution in [0.3, 0.4) is 0 Å². The van der Waals surface area contributed by atoms with Gasteiger partial charge >= 0.3 is 20.4 Å². The molecule has 0 amide bonds. The molecule has 2 rings (SSSR count). The van der Waals surface area contributed by atoms with Gasteiger partial charge < -0.3 is 0 Å². The molecule has 0 heterocycles. The summed E-state index contributed by atoms with van der Waals surface area (Å²) >= 11 is 0. The first kappa shape index (κ1) is 12.9. The van der Waals surface area contributed by atoms with E-state index in [2.05, 4.69) is 0 Å². The third-order valence-corrected chi connectivity index (χ3v) is 4.13. The summed E-state index contributed by atoms with van der Waals surface area (Å²) in [5.74, 6) is 0. The molecule has 8 heteroatoms.